The second kappa shape index (κ2) is 9.27. The van der Waals surface area contributed by atoms with Crippen LogP contribution in [0.5, 0.6) is 5.75 Å². The molecule has 0 unspecified atom stereocenters. The predicted octanol–water partition coefficient (Wildman–Crippen LogP) is 2.61. The summed E-state index contributed by atoms with van der Waals surface area (Å²) >= 11 is 0. The van der Waals surface area contributed by atoms with E-state index in [2.05, 4.69) is 5.32 Å². The molecule has 0 spiro atoms. The molecule has 0 radical (unpaired) electrons. The van der Waals surface area contributed by atoms with Crippen molar-refractivity contribution in [3.05, 3.63) is 53.6 Å². The molecule has 1 aliphatic heterocycles. The summed E-state index contributed by atoms with van der Waals surface area (Å²) in [5, 5.41) is 2.69. The standard InChI is InChI=1S/C21H25N3O5S/c1-29-18-11-8-16(21(26)23-17-9-6-15(7-10-17)20(22)25)14-19(18)30(27,28)24-12-4-2-3-5-13-24/h6-11,14H,2-5,12-13H2,1H3,(H2,22,25)(H,23,26). The van der Waals surface area contributed by atoms with Gasteiger partial charge in [-0.05, 0) is 55.3 Å². The second-order valence-electron chi connectivity index (χ2n) is 7.08. The van der Waals surface area contributed by atoms with Gasteiger partial charge in [-0.3, -0.25) is 9.59 Å². The number of ether oxygens (including phenoxy) is 1. The van der Waals surface area contributed by atoms with Crippen LogP contribution in [0.15, 0.2) is 47.4 Å². The number of methoxy groups -OCH3 is 1. The van der Waals surface area contributed by atoms with Crippen LogP contribution in [0.4, 0.5) is 5.69 Å². The van der Waals surface area contributed by atoms with Gasteiger partial charge in [-0.1, -0.05) is 12.8 Å². The largest absolute Gasteiger partial charge is 0.495 e. The minimum Gasteiger partial charge on any atom is -0.495 e. The van der Waals surface area contributed by atoms with Crippen molar-refractivity contribution in [1.82, 2.24) is 4.31 Å². The Bertz CT molecular complexity index is 1030. The first-order chi connectivity index (χ1) is 14.3. The van der Waals surface area contributed by atoms with Crippen LogP contribution in [0.25, 0.3) is 0 Å². The van der Waals surface area contributed by atoms with Crippen LogP contribution in [0.1, 0.15) is 46.4 Å². The molecule has 1 fully saturated rings. The fourth-order valence-electron chi connectivity index (χ4n) is 3.36. The highest BCUT2D eigenvalue weighted by molar-refractivity contribution is 7.89. The maximum absolute atomic E-state index is 13.2. The number of hydrogen-bond donors (Lipinski definition) is 2. The summed E-state index contributed by atoms with van der Waals surface area (Å²) in [5.41, 5.74) is 6.18. The molecule has 1 aliphatic rings. The van der Waals surface area contributed by atoms with Crippen molar-refractivity contribution in [2.75, 3.05) is 25.5 Å². The third-order valence-corrected chi connectivity index (χ3v) is 6.96. The monoisotopic (exact) mass is 431 g/mol. The van der Waals surface area contributed by atoms with E-state index in [0.717, 1.165) is 25.7 Å². The zero-order valence-electron chi connectivity index (χ0n) is 16.8. The highest BCUT2D eigenvalue weighted by atomic mass is 32.2. The molecule has 8 nitrogen and oxygen atoms in total. The molecular formula is C21H25N3O5S. The number of nitrogens with zero attached hydrogens (tertiary/aromatic N) is 1. The van der Waals surface area contributed by atoms with E-state index in [1.807, 2.05) is 0 Å². The molecule has 1 saturated heterocycles. The highest BCUT2D eigenvalue weighted by Crippen LogP contribution is 2.29. The molecular weight excluding hydrogens is 406 g/mol. The molecule has 1 heterocycles. The van der Waals surface area contributed by atoms with Crippen molar-refractivity contribution < 1.29 is 22.7 Å². The van der Waals surface area contributed by atoms with Crippen LogP contribution >= 0.6 is 0 Å². The van der Waals surface area contributed by atoms with E-state index in [-0.39, 0.29) is 16.2 Å². The molecule has 2 aromatic carbocycles. The first kappa shape index (κ1) is 21.8. The molecule has 0 saturated carbocycles. The summed E-state index contributed by atoms with van der Waals surface area (Å²) in [4.78, 5) is 23.8. The van der Waals surface area contributed by atoms with Gasteiger partial charge >= 0.3 is 0 Å². The van der Waals surface area contributed by atoms with Crippen molar-refractivity contribution in [2.24, 2.45) is 5.73 Å². The molecule has 0 bridgehead atoms. The van der Waals surface area contributed by atoms with E-state index in [0.29, 0.717) is 24.3 Å². The lowest BCUT2D eigenvalue weighted by molar-refractivity contribution is 0.0998. The van der Waals surface area contributed by atoms with Crippen LogP contribution in [0, 0.1) is 0 Å². The Balaban J connectivity index is 1.87. The Morgan fingerprint density at radius 2 is 1.57 bits per heavy atom. The van der Waals surface area contributed by atoms with Gasteiger partial charge in [0.2, 0.25) is 15.9 Å². The van der Waals surface area contributed by atoms with Crippen molar-refractivity contribution in [2.45, 2.75) is 30.6 Å². The van der Waals surface area contributed by atoms with Crippen molar-refractivity contribution in [3.8, 4) is 5.75 Å². The van der Waals surface area contributed by atoms with E-state index < -0.39 is 21.8 Å². The summed E-state index contributed by atoms with van der Waals surface area (Å²) < 4.78 is 33.2. The topological polar surface area (TPSA) is 119 Å². The number of anilines is 1. The molecule has 3 rings (SSSR count). The summed E-state index contributed by atoms with van der Waals surface area (Å²) in [6.45, 7) is 0.905. The fourth-order valence-corrected chi connectivity index (χ4v) is 5.06. The normalized spacial score (nSPS) is 15.2. The van der Waals surface area contributed by atoms with E-state index in [1.165, 1.54) is 41.7 Å². The second-order valence-corrected chi connectivity index (χ2v) is 8.99. The van der Waals surface area contributed by atoms with Gasteiger partial charge in [0.25, 0.3) is 5.91 Å². The highest BCUT2D eigenvalue weighted by Gasteiger charge is 2.29. The molecule has 2 aromatic rings. The minimum atomic E-state index is -3.80. The number of primary amides is 1. The van der Waals surface area contributed by atoms with Crippen LogP contribution in [-0.4, -0.2) is 44.7 Å². The maximum Gasteiger partial charge on any atom is 0.255 e. The van der Waals surface area contributed by atoms with E-state index in [4.69, 9.17) is 10.5 Å². The van der Waals surface area contributed by atoms with Gasteiger partial charge in [-0.15, -0.1) is 0 Å². The molecule has 30 heavy (non-hydrogen) atoms. The maximum atomic E-state index is 13.2. The predicted molar refractivity (Wildman–Crippen MR) is 113 cm³/mol. The summed E-state index contributed by atoms with van der Waals surface area (Å²) in [5.74, 6) is -0.843. The Kier molecular flexibility index (Phi) is 6.73. The van der Waals surface area contributed by atoms with Crippen LogP contribution in [0.3, 0.4) is 0 Å². The Morgan fingerprint density at radius 1 is 0.967 bits per heavy atom. The van der Waals surface area contributed by atoms with Gasteiger partial charge in [0, 0.05) is 29.9 Å². The lowest BCUT2D eigenvalue weighted by Gasteiger charge is -2.21. The average Bonchev–Trinajstić information content (AvgIpc) is 3.04. The molecule has 3 N–H and O–H groups in total. The molecule has 9 heteroatoms. The third-order valence-electron chi connectivity index (χ3n) is 5.04. The SMILES string of the molecule is COc1ccc(C(=O)Nc2ccc(C(N)=O)cc2)cc1S(=O)(=O)N1CCCCCC1. The van der Waals surface area contributed by atoms with Crippen LogP contribution in [-0.2, 0) is 10.0 Å². The number of amides is 2. The molecule has 2 amide bonds. The third kappa shape index (κ3) is 4.80. The number of sulfonamides is 1. The quantitative estimate of drug-likeness (QED) is 0.729. The summed E-state index contributed by atoms with van der Waals surface area (Å²) in [6.07, 6.45) is 3.62. The van der Waals surface area contributed by atoms with Crippen LogP contribution in [0.2, 0.25) is 0 Å². The van der Waals surface area contributed by atoms with E-state index in [9.17, 15) is 18.0 Å². The number of nitrogens with one attached hydrogen (secondary N) is 1. The smallest absolute Gasteiger partial charge is 0.255 e. The zero-order valence-corrected chi connectivity index (χ0v) is 17.6. The van der Waals surface area contributed by atoms with Gasteiger partial charge in [0.15, 0.2) is 0 Å². The van der Waals surface area contributed by atoms with Gasteiger partial charge < -0.3 is 15.8 Å². The van der Waals surface area contributed by atoms with E-state index in [1.54, 1.807) is 12.1 Å². The Hall–Kier alpha value is -2.91. The van der Waals surface area contributed by atoms with Crippen molar-refractivity contribution >= 4 is 27.5 Å². The fraction of sp³-hybridized carbons (Fsp3) is 0.333. The number of rotatable bonds is 6. The van der Waals surface area contributed by atoms with Crippen LogP contribution < -0.4 is 15.8 Å². The first-order valence-electron chi connectivity index (χ1n) is 9.72. The number of carbonyl (C=O) groups excluding carboxylic acids is 2. The van der Waals surface area contributed by atoms with Gasteiger partial charge in [-0.2, -0.15) is 4.31 Å². The lowest BCUT2D eigenvalue weighted by atomic mass is 10.1. The van der Waals surface area contributed by atoms with E-state index >= 15 is 0 Å². The zero-order chi connectivity index (χ0) is 21.7. The number of nitrogens with two attached hydrogens (primary N) is 1. The first-order valence-corrected chi connectivity index (χ1v) is 11.2. The Morgan fingerprint density at radius 3 is 2.13 bits per heavy atom. The molecule has 0 atom stereocenters. The number of carbonyl (C=O) groups is 2. The van der Waals surface area contributed by atoms with Crippen molar-refractivity contribution in [3.63, 3.8) is 0 Å². The molecule has 0 aliphatic carbocycles. The number of hydrogen-bond acceptors (Lipinski definition) is 5. The van der Waals surface area contributed by atoms with Gasteiger partial charge in [0.05, 0.1) is 7.11 Å². The van der Waals surface area contributed by atoms with Crippen molar-refractivity contribution in [1.29, 1.82) is 0 Å². The minimum absolute atomic E-state index is 0.0244. The summed E-state index contributed by atoms with van der Waals surface area (Å²) in [7, 11) is -2.40. The average molecular weight is 432 g/mol. The molecule has 0 aromatic heterocycles. The molecule has 160 valence electrons. The van der Waals surface area contributed by atoms with Gasteiger partial charge in [-0.25, -0.2) is 8.42 Å². The number of benzene rings is 2. The van der Waals surface area contributed by atoms with Gasteiger partial charge in [0.1, 0.15) is 10.6 Å². The Labute approximate surface area is 176 Å². The summed E-state index contributed by atoms with van der Waals surface area (Å²) in [6, 6.07) is 10.4. The lowest BCUT2D eigenvalue weighted by Crippen LogP contribution is -2.32.